The average Bonchev–Trinajstić information content (AvgIpc) is 2.67. The summed E-state index contributed by atoms with van der Waals surface area (Å²) in [5, 5.41) is 0. The first kappa shape index (κ1) is 17.4. The molecule has 2 heterocycles. The van der Waals surface area contributed by atoms with Gasteiger partial charge in [-0.2, -0.15) is 0 Å². The SMILES string of the molecule is CC(=O)c1ccc(OCCCN2CCN(c3ncccn3)CC2)cc1. The fourth-order valence-electron chi connectivity index (χ4n) is 2.89. The van der Waals surface area contributed by atoms with Gasteiger partial charge in [0.25, 0.3) is 0 Å². The van der Waals surface area contributed by atoms with Crippen molar-refractivity contribution in [2.24, 2.45) is 0 Å². The molecule has 1 aromatic heterocycles. The Hall–Kier alpha value is -2.47. The number of Topliss-reactive ketones (excluding diaryl/α,β-unsaturated/α-hetero) is 1. The molecule has 2 aromatic rings. The van der Waals surface area contributed by atoms with Crippen LogP contribution in [0.3, 0.4) is 0 Å². The Morgan fingerprint density at radius 2 is 1.76 bits per heavy atom. The van der Waals surface area contributed by atoms with Crippen molar-refractivity contribution in [2.75, 3.05) is 44.2 Å². The molecular formula is C19H24N4O2. The minimum atomic E-state index is 0.0756. The van der Waals surface area contributed by atoms with Gasteiger partial charge in [-0.3, -0.25) is 9.69 Å². The average molecular weight is 340 g/mol. The second kappa shape index (κ2) is 8.58. The lowest BCUT2D eigenvalue weighted by Gasteiger charge is -2.34. The summed E-state index contributed by atoms with van der Waals surface area (Å²) in [6, 6.07) is 9.17. The number of piperazine rings is 1. The number of nitrogens with zero attached hydrogens (tertiary/aromatic N) is 4. The topological polar surface area (TPSA) is 58.6 Å². The van der Waals surface area contributed by atoms with Crippen LogP contribution < -0.4 is 9.64 Å². The molecular weight excluding hydrogens is 316 g/mol. The molecule has 1 saturated heterocycles. The maximum atomic E-state index is 11.2. The Morgan fingerprint density at radius 3 is 2.40 bits per heavy atom. The Bertz CT molecular complexity index is 668. The van der Waals surface area contributed by atoms with E-state index in [1.54, 1.807) is 19.3 Å². The third-order valence-corrected chi connectivity index (χ3v) is 4.36. The summed E-state index contributed by atoms with van der Waals surface area (Å²) in [4.78, 5) is 24.5. The standard InChI is InChI=1S/C19H24N4O2/c1-16(24)17-4-6-18(7-5-17)25-15-3-10-22-11-13-23(14-12-22)19-20-8-2-9-21-19/h2,4-9H,3,10-15H2,1H3. The molecule has 0 bridgehead atoms. The number of hydrogen-bond donors (Lipinski definition) is 0. The van der Waals surface area contributed by atoms with E-state index >= 15 is 0 Å². The van der Waals surface area contributed by atoms with E-state index in [1.807, 2.05) is 30.3 Å². The monoisotopic (exact) mass is 340 g/mol. The van der Waals surface area contributed by atoms with Crippen molar-refractivity contribution in [3.05, 3.63) is 48.3 Å². The number of rotatable bonds is 7. The van der Waals surface area contributed by atoms with Gasteiger partial charge in [0, 0.05) is 50.7 Å². The van der Waals surface area contributed by atoms with E-state index < -0.39 is 0 Å². The fourth-order valence-corrected chi connectivity index (χ4v) is 2.89. The number of ether oxygens (including phenoxy) is 1. The number of hydrogen-bond acceptors (Lipinski definition) is 6. The number of anilines is 1. The summed E-state index contributed by atoms with van der Waals surface area (Å²) in [5.74, 6) is 1.71. The lowest BCUT2D eigenvalue weighted by Crippen LogP contribution is -2.47. The normalized spacial score (nSPS) is 15.2. The van der Waals surface area contributed by atoms with Gasteiger partial charge < -0.3 is 9.64 Å². The highest BCUT2D eigenvalue weighted by molar-refractivity contribution is 5.94. The van der Waals surface area contributed by atoms with Crippen molar-refractivity contribution in [1.82, 2.24) is 14.9 Å². The molecule has 0 atom stereocenters. The first-order valence-electron chi connectivity index (χ1n) is 8.70. The van der Waals surface area contributed by atoms with E-state index in [9.17, 15) is 4.79 Å². The Kier molecular flexibility index (Phi) is 5.95. The molecule has 3 rings (SSSR count). The van der Waals surface area contributed by atoms with Crippen molar-refractivity contribution in [2.45, 2.75) is 13.3 Å². The van der Waals surface area contributed by atoms with E-state index in [-0.39, 0.29) is 5.78 Å². The highest BCUT2D eigenvalue weighted by Crippen LogP contribution is 2.13. The second-order valence-corrected chi connectivity index (χ2v) is 6.16. The van der Waals surface area contributed by atoms with Crippen LogP contribution in [-0.4, -0.2) is 60.0 Å². The second-order valence-electron chi connectivity index (χ2n) is 6.16. The predicted molar refractivity (Wildman–Crippen MR) is 97.2 cm³/mol. The molecule has 1 aromatic carbocycles. The van der Waals surface area contributed by atoms with Crippen LogP contribution in [-0.2, 0) is 0 Å². The molecule has 0 saturated carbocycles. The first-order chi connectivity index (χ1) is 12.2. The summed E-state index contributed by atoms with van der Waals surface area (Å²) < 4.78 is 5.75. The van der Waals surface area contributed by atoms with Crippen molar-refractivity contribution in [3.8, 4) is 5.75 Å². The molecule has 1 aliphatic heterocycles. The molecule has 0 aliphatic carbocycles. The molecule has 0 N–H and O–H groups in total. The Balaban J connectivity index is 1.34. The van der Waals surface area contributed by atoms with Crippen molar-refractivity contribution < 1.29 is 9.53 Å². The highest BCUT2D eigenvalue weighted by Gasteiger charge is 2.18. The van der Waals surface area contributed by atoms with Crippen LogP contribution in [0.2, 0.25) is 0 Å². The van der Waals surface area contributed by atoms with Crippen LogP contribution in [0, 0.1) is 0 Å². The van der Waals surface area contributed by atoms with E-state index in [1.165, 1.54) is 0 Å². The van der Waals surface area contributed by atoms with Crippen LogP contribution >= 0.6 is 0 Å². The molecule has 1 aliphatic rings. The van der Waals surface area contributed by atoms with Gasteiger partial charge in [-0.25, -0.2) is 9.97 Å². The Labute approximate surface area is 148 Å². The third kappa shape index (κ3) is 5.00. The van der Waals surface area contributed by atoms with Gasteiger partial charge in [0.2, 0.25) is 5.95 Å². The van der Waals surface area contributed by atoms with Crippen molar-refractivity contribution >= 4 is 11.7 Å². The number of ketones is 1. The van der Waals surface area contributed by atoms with Crippen LogP contribution in [0.5, 0.6) is 5.75 Å². The third-order valence-electron chi connectivity index (χ3n) is 4.36. The predicted octanol–water partition coefficient (Wildman–Crippen LogP) is 2.27. The molecule has 6 heteroatoms. The zero-order valence-corrected chi connectivity index (χ0v) is 14.6. The van der Waals surface area contributed by atoms with Crippen molar-refractivity contribution in [1.29, 1.82) is 0 Å². The maximum absolute atomic E-state index is 11.2. The van der Waals surface area contributed by atoms with Gasteiger partial charge >= 0.3 is 0 Å². The molecule has 0 radical (unpaired) electrons. The molecule has 132 valence electrons. The van der Waals surface area contributed by atoms with Gasteiger partial charge in [-0.15, -0.1) is 0 Å². The smallest absolute Gasteiger partial charge is 0.225 e. The van der Waals surface area contributed by atoms with Crippen LogP contribution in [0.1, 0.15) is 23.7 Å². The molecule has 0 unspecified atom stereocenters. The summed E-state index contributed by atoms with van der Waals surface area (Å²) in [7, 11) is 0. The van der Waals surface area contributed by atoms with Crippen LogP contribution in [0.25, 0.3) is 0 Å². The van der Waals surface area contributed by atoms with Gasteiger partial charge in [-0.05, 0) is 43.7 Å². The van der Waals surface area contributed by atoms with Crippen LogP contribution in [0.15, 0.2) is 42.7 Å². The Morgan fingerprint density at radius 1 is 1.08 bits per heavy atom. The lowest BCUT2D eigenvalue weighted by atomic mass is 10.1. The van der Waals surface area contributed by atoms with E-state index in [4.69, 9.17) is 4.74 Å². The van der Waals surface area contributed by atoms with E-state index in [2.05, 4.69) is 19.8 Å². The molecule has 6 nitrogen and oxygen atoms in total. The van der Waals surface area contributed by atoms with Gasteiger partial charge in [0.1, 0.15) is 5.75 Å². The first-order valence-corrected chi connectivity index (χ1v) is 8.70. The zero-order chi connectivity index (χ0) is 17.5. The minimum absolute atomic E-state index is 0.0756. The summed E-state index contributed by atoms with van der Waals surface area (Å²) >= 11 is 0. The highest BCUT2D eigenvalue weighted by atomic mass is 16.5. The lowest BCUT2D eigenvalue weighted by molar-refractivity contribution is 0.101. The molecule has 0 spiro atoms. The quantitative estimate of drug-likeness (QED) is 0.569. The summed E-state index contributed by atoms with van der Waals surface area (Å²) in [6.45, 7) is 7.22. The van der Waals surface area contributed by atoms with Crippen LogP contribution in [0.4, 0.5) is 5.95 Å². The van der Waals surface area contributed by atoms with Gasteiger partial charge in [0.15, 0.2) is 5.78 Å². The number of carbonyl (C=O) groups excluding carboxylic acids is 1. The summed E-state index contributed by atoms with van der Waals surface area (Å²) in [6.07, 6.45) is 4.56. The van der Waals surface area contributed by atoms with E-state index in [0.29, 0.717) is 12.2 Å². The fraction of sp³-hybridized carbons (Fsp3) is 0.421. The molecule has 1 fully saturated rings. The molecule has 25 heavy (non-hydrogen) atoms. The number of carbonyl (C=O) groups is 1. The summed E-state index contributed by atoms with van der Waals surface area (Å²) in [5.41, 5.74) is 0.715. The van der Waals surface area contributed by atoms with Gasteiger partial charge in [0.05, 0.1) is 6.61 Å². The zero-order valence-electron chi connectivity index (χ0n) is 14.6. The maximum Gasteiger partial charge on any atom is 0.225 e. The number of aromatic nitrogens is 2. The van der Waals surface area contributed by atoms with Crippen molar-refractivity contribution in [3.63, 3.8) is 0 Å². The largest absolute Gasteiger partial charge is 0.494 e. The molecule has 0 amide bonds. The minimum Gasteiger partial charge on any atom is -0.494 e. The van der Waals surface area contributed by atoms with Gasteiger partial charge in [-0.1, -0.05) is 0 Å². The van der Waals surface area contributed by atoms with E-state index in [0.717, 1.165) is 50.8 Å². The number of benzene rings is 1.